The molecule has 0 aliphatic heterocycles. The Kier molecular flexibility index (Phi) is 2.61. The van der Waals surface area contributed by atoms with Crippen LogP contribution in [0.25, 0.3) is 10.9 Å². The molecule has 0 amide bonds. The topological polar surface area (TPSA) is 41.9 Å². The van der Waals surface area contributed by atoms with Gasteiger partial charge < -0.3 is 4.90 Å². The molecular weight excluding hydrogens is 224 g/mol. The molecule has 2 aromatic heterocycles. The normalized spacial score (nSPS) is 10.5. The van der Waals surface area contributed by atoms with E-state index in [0.29, 0.717) is 0 Å². The van der Waals surface area contributed by atoms with Gasteiger partial charge in [0.15, 0.2) is 5.82 Å². The highest BCUT2D eigenvalue weighted by Gasteiger charge is 2.06. The van der Waals surface area contributed by atoms with E-state index in [4.69, 9.17) is 0 Å². The summed E-state index contributed by atoms with van der Waals surface area (Å²) in [6, 6.07) is 12.1. The molecule has 0 saturated heterocycles. The van der Waals surface area contributed by atoms with Crippen LogP contribution in [0.15, 0.2) is 55.0 Å². The molecule has 0 N–H and O–H groups in total. The van der Waals surface area contributed by atoms with Gasteiger partial charge in [-0.15, -0.1) is 0 Å². The van der Waals surface area contributed by atoms with Gasteiger partial charge in [0, 0.05) is 24.8 Å². The van der Waals surface area contributed by atoms with Crippen molar-refractivity contribution in [3.63, 3.8) is 0 Å². The first-order valence-electron chi connectivity index (χ1n) is 5.70. The van der Waals surface area contributed by atoms with Crippen LogP contribution >= 0.6 is 0 Å². The Labute approximate surface area is 105 Å². The van der Waals surface area contributed by atoms with E-state index in [1.165, 1.54) is 0 Å². The number of pyridine rings is 1. The van der Waals surface area contributed by atoms with E-state index in [1.807, 2.05) is 36.2 Å². The van der Waals surface area contributed by atoms with E-state index in [1.54, 1.807) is 18.6 Å². The lowest BCUT2D eigenvalue weighted by Gasteiger charge is -2.16. The van der Waals surface area contributed by atoms with Crippen LogP contribution < -0.4 is 4.90 Å². The molecule has 2 heterocycles. The fourth-order valence-electron chi connectivity index (χ4n) is 1.82. The molecule has 4 nitrogen and oxygen atoms in total. The maximum Gasteiger partial charge on any atom is 0.152 e. The number of para-hydroxylation sites is 1. The fraction of sp³-hybridized carbons (Fsp3) is 0.0714. The summed E-state index contributed by atoms with van der Waals surface area (Å²) in [5, 5.41) is 1.13. The number of rotatable bonds is 2. The maximum atomic E-state index is 4.61. The zero-order valence-corrected chi connectivity index (χ0v) is 9.99. The van der Waals surface area contributed by atoms with Gasteiger partial charge in [0.1, 0.15) is 5.82 Å². The third-order valence-corrected chi connectivity index (χ3v) is 2.82. The summed E-state index contributed by atoms with van der Waals surface area (Å²) in [4.78, 5) is 14.8. The summed E-state index contributed by atoms with van der Waals surface area (Å²) in [5.74, 6) is 1.63. The number of benzene rings is 1. The van der Waals surface area contributed by atoms with Crippen molar-refractivity contribution in [3.8, 4) is 0 Å². The zero-order chi connectivity index (χ0) is 12.4. The van der Waals surface area contributed by atoms with E-state index >= 15 is 0 Å². The second-order valence-electron chi connectivity index (χ2n) is 3.98. The predicted octanol–water partition coefficient (Wildman–Crippen LogP) is 2.79. The number of nitrogens with zero attached hydrogens (tertiary/aromatic N) is 4. The van der Waals surface area contributed by atoms with Gasteiger partial charge in [0.25, 0.3) is 0 Å². The molecule has 0 atom stereocenters. The van der Waals surface area contributed by atoms with Crippen LogP contribution in [0.4, 0.5) is 11.6 Å². The smallest absolute Gasteiger partial charge is 0.152 e. The summed E-state index contributed by atoms with van der Waals surface area (Å²) < 4.78 is 0. The molecule has 3 aromatic rings. The summed E-state index contributed by atoms with van der Waals surface area (Å²) >= 11 is 0. The molecule has 88 valence electrons. The fourth-order valence-corrected chi connectivity index (χ4v) is 1.82. The minimum absolute atomic E-state index is 0.778. The highest BCUT2D eigenvalue weighted by atomic mass is 15.2. The molecular formula is C14H12N4. The third-order valence-electron chi connectivity index (χ3n) is 2.82. The quantitative estimate of drug-likeness (QED) is 0.686. The lowest BCUT2D eigenvalue weighted by Crippen LogP contribution is -2.12. The van der Waals surface area contributed by atoms with Gasteiger partial charge in [-0.05, 0) is 18.2 Å². The van der Waals surface area contributed by atoms with Crippen LogP contribution in [0.5, 0.6) is 0 Å². The second kappa shape index (κ2) is 4.41. The number of aromatic nitrogens is 3. The second-order valence-corrected chi connectivity index (χ2v) is 3.98. The summed E-state index contributed by atoms with van der Waals surface area (Å²) in [5.41, 5.74) is 0.978. The van der Waals surface area contributed by atoms with E-state index in [0.717, 1.165) is 22.5 Å². The van der Waals surface area contributed by atoms with Gasteiger partial charge in [-0.2, -0.15) is 0 Å². The molecule has 0 unspecified atom stereocenters. The van der Waals surface area contributed by atoms with Crippen molar-refractivity contribution in [1.82, 2.24) is 15.0 Å². The van der Waals surface area contributed by atoms with E-state index in [9.17, 15) is 0 Å². The van der Waals surface area contributed by atoms with Crippen LogP contribution in [-0.4, -0.2) is 22.0 Å². The van der Waals surface area contributed by atoms with Gasteiger partial charge >= 0.3 is 0 Å². The predicted molar refractivity (Wildman–Crippen MR) is 71.8 cm³/mol. The SMILES string of the molecule is CN(c1cnccn1)c1ccc2ccccc2n1. The molecule has 0 aliphatic rings. The molecule has 0 spiro atoms. The van der Waals surface area contributed by atoms with Crippen molar-refractivity contribution in [3.05, 3.63) is 55.0 Å². The van der Waals surface area contributed by atoms with Gasteiger partial charge in [-0.1, -0.05) is 18.2 Å². The molecule has 18 heavy (non-hydrogen) atoms. The standard InChI is InChI=1S/C14H12N4/c1-18(14-10-15-8-9-16-14)13-7-6-11-4-2-3-5-12(11)17-13/h2-10H,1H3. The van der Waals surface area contributed by atoms with Gasteiger partial charge in [0.2, 0.25) is 0 Å². The molecule has 3 rings (SSSR count). The molecule has 1 aromatic carbocycles. The van der Waals surface area contributed by atoms with E-state index in [2.05, 4.69) is 27.1 Å². The zero-order valence-electron chi connectivity index (χ0n) is 9.99. The summed E-state index contributed by atoms with van der Waals surface area (Å²) in [6.45, 7) is 0. The molecule has 0 aliphatic carbocycles. The minimum Gasteiger partial charge on any atom is -0.313 e. The van der Waals surface area contributed by atoms with Crippen molar-refractivity contribution < 1.29 is 0 Å². The van der Waals surface area contributed by atoms with Crippen LogP contribution in [0, 0.1) is 0 Å². The molecule has 0 saturated carbocycles. The van der Waals surface area contributed by atoms with E-state index in [-0.39, 0.29) is 0 Å². The minimum atomic E-state index is 0.778. The average Bonchev–Trinajstić information content (AvgIpc) is 2.47. The van der Waals surface area contributed by atoms with Crippen molar-refractivity contribution in [2.75, 3.05) is 11.9 Å². The van der Waals surface area contributed by atoms with Crippen molar-refractivity contribution in [2.45, 2.75) is 0 Å². The Morgan fingerprint density at radius 1 is 0.944 bits per heavy atom. The van der Waals surface area contributed by atoms with Crippen LogP contribution in [0.2, 0.25) is 0 Å². The Bertz CT molecular complexity index is 667. The Balaban J connectivity index is 2.04. The summed E-state index contributed by atoms with van der Waals surface area (Å²) in [6.07, 6.45) is 5.05. The first-order chi connectivity index (χ1) is 8.84. The Hall–Kier alpha value is -2.49. The Morgan fingerprint density at radius 3 is 2.67 bits per heavy atom. The third kappa shape index (κ3) is 1.88. The lowest BCUT2D eigenvalue weighted by molar-refractivity contribution is 1.06. The van der Waals surface area contributed by atoms with Crippen LogP contribution in [0.1, 0.15) is 0 Å². The van der Waals surface area contributed by atoms with Crippen LogP contribution in [0.3, 0.4) is 0 Å². The van der Waals surface area contributed by atoms with Gasteiger partial charge in [-0.25, -0.2) is 9.97 Å². The van der Waals surface area contributed by atoms with E-state index < -0.39 is 0 Å². The highest BCUT2D eigenvalue weighted by molar-refractivity contribution is 5.80. The molecule has 4 heteroatoms. The number of anilines is 2. The number of fused-ring (bicyclic) bond motifs is 1. The number of hydrogen-bond donors (Lipinski definition) is 0. The van der Waals surface area contributed by atoms with Crippen LogP contribution in [-0.2, 0) is 0 Å². The van der Waals surface area contributed by atoms with Gasteiger partial charge in [0.05, 0.1) is 11.7 Å². The molecule has 0 bridgehead atoms. The molecule has 0 radical (unpaired) electrons. The van der Waals surface area contributed by atoms with Crippen molar-refractivity contribution in [1.29, 1.82) is 0 Å². The first-order valence-corrected chi connectivity index (χ1v) is 5.70. The summed E-state index contributed by atoms with van der Waals surface area (Å²) in [7, 11) is 1.93. The van der Waals surface area contributed by atoms with Crippen molar-refractivity contribution >= 4 is 22.5 Å². The monoisotopic (exact) mass is 236 g/mol. The lowest BCUT2D eigenvalue weighted by atomic mass is 10.2. The first kappa shape index (κ1) is 10.7. The highest BCUT2D eigenvalue weighted by Crippen LogP contribution is 2.21. The number of hydrogen-bond acceptors (Lipinski definition) is 4. The van der Waals surface area contributed by atoms with Crippen molar-refractivity contribution in [2.24, 2.45) is 0 Å². The van der Waals surface area contributed by atoms with Gasteiger partial charge in [-0.3, -0.25) is 4.98 Å². The maximum absolute atomic E-state index is 4.61. The molecule has 0 fully saturated rings. The largest absolute Gasteiger partial charge is 0.313 e. The Morgan fingerprint density at radius 2 is 1.83 bits per heavy atom. The average molecular weight is 236 g/mol.